The van der Waals surface area contributed by atoms with Crippen LogP contribution in [0.1, 0.15) is 11.3 Å². The number of amides is 1. The highest BCUT2D eigenvalue weighted by molar-refractivity contribution is 7.09. The molecule has 1 unspecified atom stereocenters. The van der Waals surface area contributed by atoms with E-state index in [4.69, 9.17) is 10.8 Å². The number of nitrogens with one attached hydrogen (secondary N) is 1. The van der Waals surface area contributed by atoms with Crippen LogP contribution >= 0.6 is 11.3 Å². The van der Waals surface area contributed by atoms with E-state index < -0.39 is 11.5 Å². The standard InChI is InChI=1S/C12H17N3O3S/c13-12(11(17)18)3-4-15(8-12)7-10(16)14-6-9-2-1-5-19-9/h1-2,5H,3-4,6-8,13H2,(H,14,16)(H,17,18). The van der Waals surface area contributed by atoms with Crippen molar-refractivity contribution < 1.29 is 14.7 Å². The lowest BCUT2D eigenvalue weighted by molar-refractivity contribution is -0.143. The summed E-state index contributed by atoms with van der Waals surface area (Å²) in [5.41, 5.74) is 4.53. The SMILES string of the molecule is NC1(C(=O)O)CCN(CC(=O)NCc2cccs2)C1. The minimum Gasteiger partial charge on any atom is -0.480 e. The van der Waals surface area contributed by atoms with Crippen LogP contribution in [0.15, 0.2) is 17.5 Å². The van der Waals surface area contributed by atoms with Gasteiger partial charge in [-0.2, -0.15) is 0 Å². The second-order valence-electron chi connectivity index (χ2n) is 4.78. The summed E-state index contributed by atoms with van der Waals surface area (Å²) in [5.74, 6) is -1.11. The maximum absolute atomic E-state index is 11.7. The van der Waals surface area contributed by atoms with E-state index in [9.17, 15) is 9.59 Å². The Morgan fingerprint density at radius 3 is 2.95 bits per heavy atom. The first-order valence-corrected chi connectivity index (χ1v) is 6.91. The lowest BCUT2D eigenvalue weighted by Gasteiger charge is -2.19. The van der Waals surface area contributed by atoms with Crippen LogP contribution < -0.4 is 11.1 Å². The summed E-state index contributed by atoms with van der Waals surface area (Å²) in [6, 6.07) is 3.89. The molecule has 19 heavy (non-hydrogen) atoms. The molecule has 104 valence electrons. The molecular formula is C12H17N3O3S. The lowest BCUT2D eigenvalue weighted by atomic mass is 10.0. The van der Waals surface area contributed by atoms with Gasteiger partial charge in [0.25, 0.3) is 0 Å². The maximum Gasteiger partial charge on any atom is 0.325 e. The van der Waals surface area contributed by atoms with E-state index in [1.54, 1.807) is 16.2 Å². The number of thiophene rings is 1. The van der Waals surface area contributed by atoms with Gasteiger partial charge in [-0.3, -0.25) is 14.5 Å². The number of nitrogens with zero attached hydrogens (tertiary/aromatic N) is 1. The van der Waals surface area contributed by atoms with Gasteiger partial charge in [-0.1, -0.05) is 6.07 Å². The average molecular weight is 283 g/mol. The summed E-state index contributed by atoms with van der Waals surface area (Å²) in [5, 5.41) is 13.8. The second-order valence-corrected chi connectivity index (χ2v) is 5.81. The first-order valence-electron chi connectivity index (χ1n) is 6.03. The molecule has 6 nitrogen and oxygen atoms in total. The minimum atomic E-state index is -1.21. The Labute approximate surface area is 115 Å². The van der Waals surface area contributed by atoms with Gasteiger partial charge in [-0.25, -0.2) is 0 Å². The number of carbonyl (C=O) groups is 2. The fourth-order valence-corrected chi connectivity index (χ4v) is 2.73. The van der Waals surface area contributed by atoms with Gasteiger partial charge in [-0.05, 0) is 17.9 Å². The molecule has 0 saturated carbocycles. The summed E-state index contributed by atoms with van der Waals surface area (Å²) in [6.07, 6.45) is 0.376. The van der Waals surface area contributed by atoms with Crippen LogP contribution in [0.25, 0.3) is 0 Å². The van der Waals surface area contributed by atoms with E-state index in [0.717, 1.165) is 4.88 Å². The number of carboxylic acids is 1. The van der Waals surface area contributed by atoms with Gasteiger partial charge in [0.1, 0.15) is 5.54 Å². The van der Waals surface area contributed by atoms with E-state index in [-0.39, 0.29) is 19.0 Å². The Morgan fingerprint density at radius 1 is 1.58 bits per heavy atom. The Bertz CT molecular complexity index is 463. The third-order valence-corrected chi connectivity index (χ3v) is 4.09. The molecule has 2 rings (SSSR count). The lowest BCUT2D eigenvalue weighted by Crippen LogP contribution is -2.50. The third kappa shape index (κ3) is 3.52. The Morgan fingerprint density at radius 2 is 2.37 bits per heavy atom. The van der Waals surface area contributed by atoms with Gasteiger partial charge in [0.15, 0.2) is 0 Å². The van der Waals surface area contributed by atoms with Crippen molar-refractivity contribution in [1.29, 1.82) is 0 Å². The monoisotopic (exact) mass is 283 g/mol. The number of likely N-dealkylation sites (tertiary alicyclic amines) is 1. The summed E-state index contributed by atoms with van der Waals surface area (Å²) in [6.45, 7) is 1.46. The fourth-order valence-electron chi connectivity index (χ4n) is 2.08. The molecule has 1 fully saturated rings. The molecule has 1 saturated heterocycles. The van der Waals surface area contributed by atoms with Gasteiger partial charge < -0.3 is 16.2 Å². The normalized spacial score (nSPS) is 23.4. The van der Waals surface area contributed by atoms with Crippen molar-refractivity contribution in [2.75, 3.05) is 19.6 Å². The van der Waals surface area contributed by atoms with Crippen LogP contribution in [0.2, 0.25) is 0 Å². The van der Waals surface area contributed by atoms with Crippen molar-refractivity contribution >= 4 is 23.2 Å². The number of hydrogen-bond donors (Lipinski definition) is 3. The van der Waals surface area contributed by atoms with E-state index in [1.807, 2.05) is 17.5 Å². The number of aliphatic carboxylic acids is 1. The smallest absolute Gasteiger partial charge is 0.325 e. The van der Waals surface area contributed by atoms with Crippen molar-refractivity contribution in [1.82, 2.24) is 10.2 Å². The summed E-state index contributed by atoms with van der Waals surface area (Å²) in [7, 11) is 0. The first-order chi connectivity index (χ1) is 8.99. The van der Waals surface area contributed by atoms with E-state index in [2.05, 4.69) is 5.32 Å². The highest BCUT2D eigenvalue weighted by Crippen LogP contribution is 2.18. The third-order valence-electron chi connectivity index (χ3n) is 3.21. The molecule has 0 aromatic carbocycles. The topological polar surface area (TPSA) is 95.7 Å². The molecular weight excluding hydrogens is 266 g/mol. The van der Waals surface area contributed by atoms with Crippen molar-refractivity contribution in [3.05, 3.63) is 22.4 Å². The van der Waals surface area contributed by atoms with Gasteiger partial charge in [0.05, 0.1) is 13.1 Å². The average Bonchev–Trinajstić information content (AvgIpc) is 2.97. The van der Waals surface area contributed by atoms with Crippen LogP contribution in [0, 0.1) is 0 Å². The molecule has 1 atom stereocenters. The van der Waals surface area contributed by atoms with Crippen LogP contribution in [0.5, 0.6) is 0 Å². The summed E-state index contributed by atoms with van der Waals surface area (Å²) < 4.78 is 0. The molecule has 0 bridgehead atoms. The quantitative estimate of drug-likeness (QED) is 0.698. The molecule has 0 aliphatic carbocycles. The summed E-state index contributed by atoms with van der Waals surface area (Å²) >= 11 is 1.59. The number of carboxylic acid groups (broad SMARTS) is 1. The molecule has 7 heteroatoms. The van der Waals surface area contributed by atoms with Gasteiger partial charge in [-0.15, -0.1) is 11.3 Å². The molecule has 1 aliphatic rings. The molecule has 4 N–H and O–H groups in total. The highest BCUT2D eigenvalue weighted by atomic mass is 32.1. The van der Waals surface area contributed by atoms with E-state index >= 15 is 0 Å². The zero-order chi connectivity index (χ0) is 13.9. The van der Waals surface area contributed by atoms with Crippen LogP contribution in [-0.2, 0) is 16.1 Å². The molecule has 0 spiro atoms. The van der Waals surface area contributed by atoms with Crippen molar-refractivity contribution in [3.63, 3.8) is 0 Å². The number of rotatable bonds is 5. The predicted octanol–water partition coefficient (Wildman–Crippen LogP) is -0.148. The maximum atomic E-state index is 11.7. The Balaban J connectivity index is 1.76. The number of hydrogen-bond acceptors (Lipinski definition) is 5. The van der Waals surface area contributed by atoms with Crippen LogP contribution in [0.3, 0.4) is 0 Å². The van der Waals surface area contributed by atoms with Crippen molar-refractivity contribution in [2.45, 2.75) is 18.5 Å². The molecule has 1 aromatic rings. The van der Waals surface area contributed by atoms with Gasteiger partial charge >= 0.3 is 5.97 Å². The van der Waals surface area contributed by atoms with Crippen molar-refractivity contribution in [2.24, 2.45) is 5.73 Å². The number of nitrogens with two attached hydrogens (primary N) is 1. The molecule has 0 radical (unpaired) electrons. The van der Waals surface area contributed by atoms with Gasteiger partial charge in [0, 0.05) is 18.0 Å². The largest absolute Gasteiger partial charge is 0.480 e. The first kappa shape index (κ1) is 14.0. The zero-order valence-electron chi connectivity index (χ0n) is 10.5. The molecule has 1 aliphatic heterocycles. The molecule has 1 amide bonds. The van der Waals surface area contributed by atoms with E-state index in [1.165, 1.54) is 0 Å². The summed E-state index contributed by atoms with van der Waals surface area (Å²) in [4.78, 5) is 25.6. The Kier molecular flexibility index (Phi) is 4.18. The highest BCUT2D eigenvalue weighted by Gasteiger charge is 2.41. The molecule has 2 heterocycles. The van der Waals surface area contributed by atoms with Crippen LogP contribution in [0.4, 0.5) is 0 Å². The predicted molar refractivity (Wildman–Crippen MR) is 71.8 cm³/mol. The Hall–Kier alpha value is -1.44. The molecule has 1 aromatic heterocycles. The van der Waals surface area contributed by atoms with Crippen LogP contribution in [-0.4, -0.2) is 47.1 Å². The zero-order valence-corrected chi connectivity index (χ0v) is 11.3. The second kappa shape index (κ2) is 5.68. The van der Waals surface area contributed by atoms with Crippen molar-refractivity contribution in [3.8, 4) is 0 Å². The number of carbonyl (C=O) groups excluding carboxylic acids is 1. The fraction of sp³-hybridized carbons (Fsp3) is 0.500. The minimum absolute atomic E-state index is 0.108. The van der Waals surface area contributed by atoms with Gasteiger partial charge in [0.2, 0.25) is 5.91 Å². The van der Waals surface area contributed by atoms with E-state index in [0.29, 0.717) is 19.5 Å².